The van der Waals surface area contributed by atoms with Crippen molar-refractivity contribution in [3.8, 4) is 11.5 Å². The van der Waals surface area contributed by atoms with E-state index in [-0.39, 0.29) is 5.41 Å². The molecular weight excluding hydrogens is 176 g/mol. The van der Waals surface area contributed by atoms with Crippen molar-refractivity contribution in [2.24, 2.45) is 0 Å². The summed E-state index contributed by atoms with van der Waals surface area (Å²) in [6.45, 7) is 7.85. The third-order valence-corrected chi connectivity index (χ3v) is 2.37. The van der Waals surface area contributed by atoms with E-state index >= 15 is 0 Å². The summed E-state index contributed by atoms with van der Waals surface area (Å²) >= 11 is 0. The Labute approximate surface area is 84.8 Å². The number of ether oxygens (including phenoxy) is 2. The second-order valence-electron chi connectivity index (χ2n) is 4.58. The lowest BCUT2D eigenvalue weighted by molar-refractivity contribution is 0.168. The van der Waals surface area contributed by atoms with Crippen LogP contribution >= 0.6 is 0 Å². The summed E-state index contributed by atoms with van der Waals surface area (Å²) in [5, 5.41) is 0. The molecule has 2 nitrogen and oxygen atoms in total. The lowest BCUT2D eigenvalue weighted by Gasteiger charge is -2.27. The van der Waals surface area contributed by atoms with Gasteiger partial charge in [-0.2, -0.15) is 0 Å². The second kappa shape index (κ2) is 3.19. The van der Waals surface area contributed by atoms with Gasteiger partial charge in [0.05, 0.1) is 0 Å². The van der Waals surface area contributed by atoms with E-state index in [4.69, 9.17) is 9.47 Å². The number of fused-ring (bicyclic) bond motifs is 1. The largest absolute Gasteiger partial charge is 0.486 e. The van der Waals surface area contributed by atoms with Crippen molar-refractivity contribution in [2.75, 3.05) is 13.2 Å². The van der Waals surface area contributed by atoms with Gasteiger partial charge < -0.3 is 9.47 Å². The second-order valence-corrected chi connectivity index (χ2v) is 4.58. The molecule has 2 heteroatoms. The maximum absolute atomic E-state index is 5.66. The standard InChI is InChI=1S/C12H16O2/c1-12(2,3)9-5-4-6-10-11(9)14-8-7-13-10/h4-6H,7-8H2,1-3H3. The highest BCUT2D eigenvalue weighted by Crippen LogP contribution is 2.39. The van der Waals surface area contributed by atoms with Crippen LogP contribution in [0.25, 0.3) is 0 Å². The minimum atomic E-state index is 0.103. The van der Waals surface area contributed by atoms with Gasteiger partial charge in [-0.1, -0.05) is 32.9 Å². The Bertz CT molecular complexity index is 337. The van der Waals surface area contributed by atoms with E-state index in [0.29, 0.717) is 13.2 Å². The van der Waals surface area contributed by atoms with Gasteiger partial charge in [-0.05, 0) is 11.5 Å². The van der Waals surface area contributed by atoms with Crippen LogP contribution in [-0.4, -0.2) is 13.2 Å². The molecule has 1 heterocycles. The molecule has 14 heavy (non-hydrogen) atoms. The molecule has 0 N–H and O–H groups in total. The van der Waals surface area contributed by atoms with Gasteiger partial charge in [0.15, 0.2) is 11.5 Å². The van der Waals surface area contributed by atoms with E-state index in [2.05, 4.69) is 26.8 Å². The molecule has 0 radical (unpaired) electrons. The quantitative estimate of drug-likeness (QED) is 0.629. The summed E-state index contributed by atoms with van der Waals surface area (Å²) < 4.78 is 11.2. The van der Waals surface area contributed by atoms with Gasteiger partial charge in [0.2, 0.25) is 0 Å². The Morgan fingerprint density at radius 3 is 2.50 bits per heavy atom. The molecule has 1 aliphatic heterocycles. The molecule has 0 saturated heterocycles. The van der Waals surface area contributed by atoms with E-state index in [1.807, 2.05) is 12.1 Å². The SMILES string of the molecule is CC(C)(C)c1cccc2c1OCCO2. The monoisotopic (exact) mass is 192 g/mol. The van der Waals surface area contributed by atoms with Crippen molar-refractivity contribution in [3.05, 3.63) is 23.8 Å². The first kappa shape index (κ1) is 9.38. The predicted octanol–water partition coefficient (Wildman–Crippen LogP) is 2.76. The number of benzene rings is 1. The maximum atomic E-state index is 5.66. The molecule has 2 rings (SSSR count). The summed E-state index contributed by atoms with van der Waals surface area (Å²) in [4.78, 5) is 0. The molecule has 0 saturated carbocycles. The molecule has 0 aliphatic carbocycles. The summed E-state index contributed by atoms with van der Waals surface area (Å²) in [6, 6.07) is 6.09. The van der Waals surface area contributed by atoms with E-state index < -0.39 is 0 Å². The van der Waals surface area contributed by atoms with Crippen LogP contribution in [0.5, 0.6) is 11.5 Å². The van der Waals surface area contributed by atoms with Crippen LogP contribution in [0.15, 0.2) is 18.2 Å². The third kappa shape index (κ3) is 1.57. The van der Waals surface area contributed by atoms with Gasteiger partial charge >= 0.3 is 0 Å². The number of hydrogen-bond donors (Lipinski definition) is 0. The molecule has 0 fully saturated rings. The maximum Gasteiger partial charge on any atom is 0.165 e. The zero-order valence-electron chi connectivity index (χ0n) is 8.96. The van der Waals surface area contributed by atoms with Crippen molar-refractivity contribution in [3.63, 3.8) is 0 Å². The van der Waals surface area contributed by atoms with Crippen LogP contribution in [0, 0.1) is 0 Å². The predicted molar refractivity (Wildman–Crippen MR) is 56.1 cm³/mol. The summed E-state index contributed by atoms with van der Waals surface area (Å²) in [5.41, 5.74) is 1.32. The molecule has 0 aromatic heterocycles. The van der Waals surface area contributed by atoms with Gasteiger partial charge in [-0.25, -0.2) is 0 Å². The highest BCUT2D eigenvalue weighted by molar-refractivity contribution is 5.50. The third-order valence-electron chi connectivity index (χ3n) is 2.37. The highest BCUT2D eigenvalue weighted by atomic mass is 16.6. The van der Waals surface area contributed by atoms with Crippen LogP contribution in [-0.2, 0) is 5.41 Å². The van der Waals surface area contributed by atoms with Gasteiger partial charge in [0.25, 0.3) is 0 Å². The van der Waals surface area contributed by atoms with Crippen molar-refractivity contribution < 1.29 is 9.47 Å². The normalized spacial score (nSPS) is 15.4. The van der Waals surface area contributed by atoms with Crippen LogP contribution in [0.4, 0.5) is 0 Å². The van der Waals surface area contributed by atoms with Crippen molar-refractivity contribution in [2.45, 2.75) is 26.2 Å². The molecular formula is C12H16O2. The van der Waals surface area contributed by atoms with Crippen LogP contribution in [0.1, 0.15) is 26.3 Å². The van der Waals surface area contributed by atoms with Gasteiger partial charge in [-0.15, -0.1) is 0 Å². The fraction of sp³-hybridized carbons (Fsp3) is 0.500. The Kier molecular flexibility index (Phi) is 2.14. The Hall–Kier alpha value is -1.18. The first-order chi connectivity index (χ1) is 6.59. The fourth-order valence-corrected chi connectivity index (χ4v) is 1.66. The number of rotatable bonds is 0. The first-order valence-corrected chi connectivity index (χ1v) is 4.98. The van der Waals surface area contributed by atoms with E-state index in [1.165, 1.54) is 5.56 Å². The average molecular weight is 192 g/mol. The molecule has 76 valence electrons. The lowest BCUT2D eigenvalue weighted by Crippen LogP contribution is -2.20. The van der Waals surface area contributed by atoms with Crippen molar-refractivity contribution >= 4 is 0 Å². The lowest BCUT2D eigenvalue weighted by atomic mass is 9.86. The van der Waals surface area contributed by atoms with E-state index in [9.17, 15) is 0 Å². The Balaban J connectivity index is 2.51. The Morgan fingerprint density at radius 1 is 1.07 bits per heavy atom. The first-order valence-electron chi connectivity index (χ1n) is 4.98. The van der Waals surface area contributed by atoms with Crippen LogP contribution in [0.3, 0.4) is 0 Å². The molecule has 1 aromatic carbocycles. The van der Waals surface area contributed by atoms with Gasteiger partial charge in [0.1, 0.15) is 13.2 Å². The molecule has 0 atom stereocenters. The topological polar surface area (TPSA) is 18.5 Å². The molecule has 0 unspecified atom stereocenters. The van der Waals surface area contributed by atoms with E-state index in [0.717, 1.165) is 11.5 Å². The number of hydrogen-bond acceptors (Lipinski definition) is 2. The highest BCUT2D eigenvalue weighted by Gasteiger charge is 2.23. The molecule has 1 aliphatic rings. The molecule has 0 bridgehead atoms. The van der Waals surface area contributed by atoms with E-state index in [1.54, 1.807) is 0 Å². The molecule has 1 aromatic rings. The summed E-state index contributed by atoms with van der Waals surface area (Å²) in [6.07, 6.45) is 0. The van der Waals surface area contributed by atoms with Crippen LogP contribution < -0.4 is 9.47 Å². The Morgan fingerprint density at radius 2 is 1.79 bits per heavy atom. The minimum Gasteiger partial charge on any atom is -0.486 e. The average Bonchev–Trinajstić information content (AvgIpc) is 2.15. The van der Waals surface area contributed by atoms with Gasteiger partial charge in [0, 0.05) is 5.56 Å². The van der Waals surface area contributed by atoms with Crippen molar-refractivity contribution in [1.29, 1.82) is 0 Å². The molecule has 0 spiro atoms. The fourth-order valence-electron chi connectivity index (χ4n) is 1.66. The number of para-hydroxylation sites is 1. The zero-order chi connectivity index (χ0) is 10.2. The molecule has 0 amide bonds. The zero-order valence-corrected chi connectivity index (χ0v) is 8.96. The summed E-state index contributed by atoms with van der Waals surface area (Å²) in [7, 11) is 0. The van der Waals surface area contributed by atoms with Crippen LogP contribution in [0.2, 0.25) is 0 Å². The minimum absolute atomic E-state index is 0.103. The van der Waals surface area contributed by atoms with Gasteiger partial charge in [-0.3, -0.25) is 0 Å². The summed E-state index contributed by atoms with van der Waals surface area (Å²) in [5.74, 6) is 1.80. The van der Waals surface area contributed by atoms with Crippen molar-refractivity contribution in [1.82, 2.24) is 0 Å². The smallest absolute Gasteiger partial charge is 0.165 e.